The van der Waals surface area contributed by atoms with Gasteiger partial charge in [0.15, 0.2) is 17.4 Å². The summed E-state index contributed by atoms with van der Waals surface area (Å²) in [5.74, 6) is 0.822. The lowest BCUT2D eigenvalue weighted by atomic mass is 10.1. The number of rotatable bonds is 5. The van der Waals surface area contributed by atoms with Gasteiger partial charge in [-0.15, -0.1) is 0 Å². The van der Waals surface area contributed by atoms with Gasteiger partial charge in [-0.2, -0.15) is 4.98 Å². The maximum Gasteiger partial charge on any atom is 0.280 e. The van der Waals surface area contributed by atoms with E-state index in [0.717, 1.165) is 5.56 Å². The second-order valence-electron chi connectivity index (χ2n) is 6.80. The van der Waals surface area contributed by atoms with Gasteiger partial charge in [0, 0.05) is 0 Å². The number of aromatic nitrogens is 4. The molecule has 3 aromatic rings. The van der Waals surface area contributed by atoms with Gasteiger partial charge >= 0.3 is 0 Å². The lowest BCUT2D eigenvalue weighted by Crippen LogP contribution is -2.33. The molecule has 1 fully saturated rings. The van der Waals surface area contributed by atoms with E-state index >= 15 is 0 Å². The van der Waals surface area contributed by atoms with Gasteiger partial charge in [-0.3, -0.25) is 14.3 Å². The summed E-state index contributed by atoms with van der Waals surface area (Å²) in [6, 6.07) is 7.25. The largest absolute Gasteiger partial charge is 0.497 e. The minimum atomic E-state index is -1.38. The van der Waals surface area contributed by atoms with Gasteiger partial charge < -0.3 is 30.5 Å². The molecule has 11 nitrogen and oxygen atoms in total. The number of aliphatic hydroxyl groups is 3. The Kier molecular flexibility index (Phi) is 5.26. The van der Waals surface area contributed by atoms with Crippen LogP contribution in [0, 0.1) is 0 Å². The van der Waals surface area contributed by atoms with Gasteiger partial charge in [-0.25, -0.2) is 4.98 Å². The van der Waals surface area contributed by atoms with Gasteiger partial charge in [0.1, 0.15) is 29.9 Å². The van der Waals surface area contributed by atoms with Crippen LogP contribution >= 0.6 is 0 Å². The fraction of sp³-hybridized carbons (Fsp3) is 0.316. The molecule has 1 aliphatic rings. The smallest absolute Gasteiger partial charge is 0.280 e. The molecule has 4 rings (SSSR count). The summed E-state index contributed by atoms with van der Waals surface area (Å²) in [6.07, 6.45) is -1.47. The van der Waals surface area contributed by atoms with Crippen LogP contribution in [0.4, 0.5) is 5.95 Å². The maximum absolute atomic E-state index is 12.3. The monoisotopic (exact) mass is 415 g/mol. The molecule has 11 heteroatoms. The lowest BCUT2D eigenvalue weighted by molar-refractivity contribution is -0.0513. The van der Waals surface area contributed by atoms with Crippen LogP contribution in [0.15, 0.2) is 29.1 Å². The van der Waals surface area contributed by atoms with Crippen LogP contribution in [0.3, 0.4) is 0 Å². The van der Waals surface area contributed by atoms with E-state index in [4.69, 9.17) is 15.2 Å². The average molecular weight is 415 g/mol. The van der Waals surface area contributed by atoms with E-state index in [9.17, 15) is 20.1 Å². The Bertz CT molecular complexity index is 1140. The molecule has 0 bridgehead atoms. The first-order valence-electron chi connectivity index (χ1n) is 9.15. The van der Waals surface area contributed by atoms with Crippen molar-refractivity contribution in [2.45, 2.75) is 24.5 Å². The van der Waals surface area contributed by atoms with Crippen molar-refractivity contribution in [2.75, 3.05) is 19.5 Å². The van der Waals surface area contributed by atoms with Gasteiger partial charge in [-0.1, -0.05) is 18.2 Å². The number of ether oxygens (including phenoxy) is 2. The number of methoxy groups -OCH3 is 1. The van der Waals surface area contributed by atoms with Crippen molar-refractivity contribution >= 4 is 29.3 Å². The van der Waals surface area contributed by atoms with Crippen LogP contribution < -0.4 is 16.0 Å². The fourth-order valence-corrected chi connectivity index (χ4v) is 3.37. The number of fused-ring (bicyclic) bond motifs is 1. The molecule has 4 atom stereocenters. The van der Waals surface area contributed by atoms with E-state index in [1.807, 2.05) is 12.1 Å². The number of nitrogens with two attached hydrogens (primary N) is 1. The summed E-state index contributed by atoms with van der Waals surface area (Å²) in [7, 11) is 1.57. The first kappa shape index (κ1) is 20.0. The zero-order chi connectivity index (χ0) is 21.4. The average Bonchev–Trinajstić information content (AvgIpc) is 3.24. The molecule has 1 aliphatic heterocycles. The van der Waals surface area contributed by atoms with E-state index in [2.05, 4.69) is 15.0 Å². The number of nitrogens with one attached hydrogen (secondary N) is 1. The number of nitrogen functional groups attached to an aromatic ring is 1. The van der Waals surface area contributed by atoms with Crippen molar-refractivity contribution < 1.29 is 24.8 Å². The maximum atomic E-state index is 12.3. The predicted molar refractivity (Wildman–Crippen MR) is 107 cm³/mol. The molecule has 1 aromatic carbocycles. The van der Waals surface area contributed by atoms with Crippen molar-refractivity contribution in [2.24, 2.45) is 0 Å². The molecule has 158 valence electrons. The van der Waals surface area contributed by atoms with Gasteiger partial charge in [0.2, 0.25) is 5.95 Å². The molecule has 0 radical (unpaired) electrons. The summed E-state index contributed by atoms with van der Waals surface area (Å²) in [5, 5.41) is 30.0. The molecule has 2 aromatic heterocycles. The number of anilines is 1. The molecule has 0 saturated carbocycles. The van der Waals surface area contributed by atoms with Crippen LogP contribution in [-0.4, -0.2) is 66.9 Å². The molecule has 0 aliphatic carbocycles. The quantitative estimate of drug-likeness (QED) is 0.368. The number of H-pyrrole nitrogens is 1. The molecule has 0 spiro atoms. The molecule has 0 unspecified atom stereocenters. The van der Waals surface area contributed by atoms with Gasteiger partial charge in [-0.05, 0) is 23.8 Å². The number of aromatic amines is 1. The number of aliphatic hydroxyl groups excluding tert-OH is 3. The van der Waals surface area contributed by atoms with Crippen LogP contribution in [0.2, 0.25) is 0 Å². The Morgan fingerprint density at radius 1 is 1.23 bits per heavy atom. The molecule has 0 amide bonds. The van der Waals surface area contributed by atoms with E-state index < -0.39 is 36.7 Å². The zero-order valence-electron chi connectivity index (χ0n) is 16.0. The number of hydrogen-bond acceptors (Lipinski definition) is 9. The second kappa shape index (κ2) is 7.88. The van der Waals surface area contributed by atoms with Crippen LogP contribution in [0.5, 0.6) is 5.75 Å². The Morgan fingerprint density at radius 2 is 1.97 bits per heavy atom. The van der Waals surface area contributed by atoms with E-state index in [0.29, 0.717) is 5.75 Å². The number of imidazole rings is 1. The van der Waals surface area contributed by atoms with Crippen molar-refractivity contribution in [3.63, 3.8) is 0 Å². The molecular formula is C19H21N5O6. The zero-order valence-corrected chi connectivity index (χ0v) is 16.0. The number of hydrogen-bond donors (Lipinski definition) is 5. The standard InChI is InChI=1S/C19H21N5O6/c1-29-10-5-2-9(3-6-10)4-7-12-21-13-16(22-19(20)23-17(13)28)24(12)18-15(27)14(26)11(8-25)30-18/h2-7,11,14-15,18,25-27H,8H2,1H3,(H3,20,22,23,28)/b7-4+/t11-,14-,15-,18-/m1/s1. The highest BCUT2D eigenvalue weighted by molar-refractivity contribution is 5.77. The second-order valence-corrected chi connectivity index (χ2v) is 6.80. The summed E-state index contributed by atoms with van der Waals surface area (Å²) < 4.78 is 12.1. The van der Waals surface area contributed by atoms with E-state index in [1.54, 1.807) is 31.4 Å². The molecule has 6 N–H and O–H groups in total. The van der Waals surface area contributed by atoms with Gasteiger partial charge in [0.05, 0.1) is 13.7 Å². The number of benzene rings is 1. The van der Waals surface area contributed by atoms with Crippen LogP contribution in [-0.2, 0) is 4.74 Å². The highest BCUT2D eigenvalue weighted by Gasteiger charge is 2.44. The SMILES string of the molecule is COc1ccc(/C=C/c2nc3c(=O)[nH]c(N)nc3n2[C@@H]2O[C@H](CO)[C@@H](O)[C@H]2O)cc1. The Balaban J connectivity index is 1.82. The highest BCUT2D eigenvalue weighted by Crippen LogP contribution is 2.33. The third kappa shape index (κ3) is 3.44. The third-order valence-electron chi connectivity index (χ3n) is 4.91. The van der Waals surface area contributed by atoms with Crippen LogP contribution in [0.1, 0.15) is 17.6 Å². The topological polar surface area (TPSA) is 169 Å². The van der Waals surface area contributed by atoms with Gasteiger partial charge in [0.25, 0.3) is 5.56 Å². The minimum Gasteiger partial charge on any atom is -0.497 e. The third-order valence-corrected chi connectivity index (χ3v) is 4.91. The van der Waals surface area contributed by atoms with Crippen LogP contribution in [0.25, 0.3) is 23.3 Å². The summed E-state index contributed by atoms with van der Waals surface area (Å²) in [4.78, 5) is 23.1. The normalized spacial score (nSPS) is 24.1. The highest BCUT2D eigenvalue weighted by atomic mass is 16.6. The summed E-state index contributed by atoms with van der Waals surface area (Å²) in [6.45, 7) is -0.492. The Morgan fingerprint density at radius 3 is 2.60 bits per heavy atom. The van der Waals surface area contributed by atoms with Crippen molar-refractivity contribution in [1.82, 2.24) is 19.5 Å². The lowest BCUT2D eigenvalue weighted by Gasteiger charge is -2.18. The molecular weight excluding hydrogens is 394 g/mol. The summed E-state index contributed by atoms with van der Waals surface area (Å²) >= 11 is 0. The first-order valence-corrected chi connectivity index (χ1v) is 9.15. The summed E-state index contributed by atoms with van der Waals surface area (Å²) in [5.41, 5.74) is 6.04. The Hall–Kier alpha value is -3.25. The number of nitrogens with zero attached hydrogens (tertiary/aromatic N) is 3. The first-order chi connectivity index (χ1) is 14.4. The van der Waals surface area contributed by atoms with Crippen molar-refractivity contribution in [3.05, 3.63) is 46.0 Å². The van der Waals surface area contributed by atoms with E-state index in [-0.39, 0.29) is 22.9 Å². The Labute approximate surface area is 170 Å². The minimum absolute atomic E-state index is 0.00341. The van der Waals surface area contributed by atoms with Crippen molar-refractivity contribution in [3.8, 4) is 5.75 Å². The van der Waals surface area contributed by atoms with Crippen molar-refractivity contribution in [1.29, 1.82) is 0 Å². The molecule has 3 heterocycles. The fourth-order valence-electron chi connectivity index (χ4n) is 3.37. The predicted octanol–water partition coefficient (Wildman–Crippen LogP) is -0.508. The molecule has 1 saturated heterocycles. The van der Waals surface area contributed by atoms with E-state index in [1.165, 1.54) is 4.57 Å². The molecule has 30 heavy (non-hydrogen) atoms.